The molecule has 1 amide bonds. The van der Waals surface area contributed by atoms with E-state index in [2.05, 4.69) is 19.2 Å². The molecule has 1 aliphatic heterocycles. The topological polar surface area (TPSA) is 64.3 Å². The fourth-order valence-electron chi connectivity index (χ4n) is 1.66. The Hall–Kier alpha value is -1.71. The summed E-state index contributed by atoms with van der Waals surface area (Å²) < 4.78 is 5.58. The Morgan fingerprint density at radius 3 is 2.94 bits per heavy atom. The van der Waals surface area contributed by atoms with Crippen LogP contribution in [-0.2, 0) is 11.2 Å². The first-order chi connectivity index (χ1) is 7.56. The van der Waals surface area contributed by atoms with Crippen molar-refractivity contribution in [2.45, 2.75) is 20.3 Å². The van der Waals surface area contributed by atoms with Gasteiger partial charge in [-0.2, -0.15) is 0 Å². The zero-order valence-corrected chi connectivity index (χ0v) is 9.54. The predicted octanol–water partition coefficient (Wildman–Crippen LogP) is 1.80. The molecule has 2 rings (SSSR count). The number of benzene rings is 1. The van der Waals surface area contributed by atoms with Crippen LogP contribution in [0.5, 0.6) is 5.75 Å². The van der Waals surface area contributed by atoms with Gasteiger partial charge in [0.15, 0.2) is 0 Å². The van der Waals surface area contributed by atoms with Crippen LogP contribution in [0.15, 0.2) is 12.1 Å². The Bertz CT molecular complexity index is 427. The molecule has 0 saturated carbocycles. The molecule has 4 heteroatoms. The number of fused-ring (bicyclic) bond motifs is 1. The minimum atomic E-state index is 0.00964. The lowest BCUT2D eigenvalue weighted by atomic mass is 10.1. The van der Waals surface area contributed by atoms with E-state index in [9.17, 15) is 4.79 Å². The summed E-state index contributed by atoms with van der Waals surface area (Å²) in [5.74, 6) is 1.10. The summed E-state index contributed by atoms with van der Waals surface area (Å²) in [5, 5.41) is 2.78. The molecule has 4 nitrogen and oxygen atoms in total. The second-order valence-electron chi connectivity index (χ2n) is 4.48. The summed E-state index contributed by atoms with van der Waals surface area (Å²) in [5.41, 5.74) is 8.22. The average Bonchev–Trinajstić information content (AvgIpc) is 2.53. The molecule has 16 heavy (non-hydrogen) atoms. The number of rotatable bonds is 3. The van der Waals surface area contributed by atoms with Crippen LogP contribution in [0.4, 0.5) is 11.4 Å². The summed E-state index contributed by atoms with van der Waals surface area (Å²) in [6.07, 6.45) is 0.407. The second-order valence-corrected chi connectivity index (χ2v) is 4.48. The first-order valence-electron chi connectivity index (χ1n) is 5.41. The van der Waals surface area contributed by atoms with Gasteiger partial charge in [0.2, 0.25) is 5.91 Å². The van der Waals surface area contributed by atoms with Crippen LogP contribution in [0.2, 0.25) is 0 Å². The van der Waals surface area contributed by atoms with Crippen molar-refractivity contribution in [1.29, 1.82) is 0 Å². The molecule has 0 fully saturated rings. The van der Waals surface area contributed by atoms with Crippen LogP contribution >= 0.6 is 0 Å². The van der Waals surface area contributed by atoms with Crippen LogP contribution in [0.3, 0.4) is 0 Å². The fraction of sp³-hybridized carbons (Fsp3) is 0.417. The number of amides is 1. The number of anilines is 2. The third-order valence-electron chi connectivity index (χ3n) is 2.43. The van der Waals surface area contributed by atoms with Crippen molar-refractivity contribution >= 4 is 17.3 Å². The maximum Gasteiger partial charge on any atom is 0.228 e. The van der Waals surface area contributed by atoms with E-state index in [1.54, 1.807) is 6.07 Å². The normalized spacial score (nSPS) is 13.8. The summed E-state index contributed by atoms with van der Waals surface area (Å²) in [4.78, 5) is 11.2. The molecule has 1 aliphatic rings. The monoisotopic (exact) mass is 220 g/mol. The zero-order chi connectivity index (χ0) is 11.7. The maximum absolute atomic E-state index is 11.2. The number of ether oxygens (including phenoxy) is 1. The summed E-state index contributed by atoms with van der Waals surface area (Å²) in [6, 6.07) is 3.61. The molecule has 1 aromatic rings. The molecule has 0 atom stereocenters. The Balaban J connectivity index is 2.21. The molecule has 0 bridgehead atoms. The van der Waals surface area contributed by atoms with E-state index in [-0.39, 0.29) is 5.91 Å². The van der Waals surface area contributed by atoms with E-state index in [4.69, 9.17) is 10.5 Å². The standard InChI is InChI=1S/C12H16N2O2/c1-7(2)6-16-11-5-10-8(3-9(11)13)4-12(15)14-10/h3,5,7H,4,6,13H2,1-2H3,(H,14,15). The van der Waals surface area contributed by atoms with Gasteiger partial charge < -0.3 is 15.8 Å². The number of hydrogen-bond acceptors (Lipinski definition) is 3. The van der Waals surface area contributed by atoms with Gasteiger partial charge in [0.1, 0.15) is 5.75 Å². The molecule has 0 saturated heterocycles. The van der Waals surface area contributed by atoms with Crippen LogP contribution in [-0.4, -0.2) is 12.5 Å². The maximum atomic E-state index is 11.2. The minimum absolute atomic E-state index is 0.00964. The van der Waals surface area contributed by atoms with Gasteiger partial charge in [0.05, 0.1) is 18.7 Å². The highest BCUT2D eigenvalue weighted by molar-refractivity contribution is 6.00. The Kier molecular flexibility index (Phi) is 2.73. The molecule has 86 valence electrons. The van der Waals surface area contributed by atoms with Crippen LogP contribution in [0.25, 0.3) is 0 Å². The van der Waals surface area contributed by atoms with Crippen molar-refractivity contribution in [2.75, 3.05) is 17.7 Å². The molecule has 3 N–H and O–H groups in total. The number of hydrogen-bond donors (Lipinski definition) is 2. The minimum Gasteiger partial charge on any atom is -0.491 e. The first kappa shape index (κ1) is 10.8. The molecular weight excluding hydrogens is 204 g/mol. The van der Waals surface area contributed by atoms with Crippen molar-refractivity contribution in [3.8, 4) is 5.75 Å². The van der Waals surface area contributed by atoms with E-state index in [0.29, 0.717) is 30.4 Å². The van der Waals surface area contributed by atoms with Crippen molar-refractivity contribution < 1.29 is 9.53 Å². The number of nitrogens with one attached hydrogen (secondary N) is 1. The van der Waals surface area contributed by atoms with Crippen LogP contribution in [0, 0.1) is 5.92 Å². The van der Waals surface area contributed by atoms with Gasteiger partial charge in [-0.05, 0) is 17.5 Å². The van der Waals surface area contributed by atoms with Gasteiger partial charge in [-0.3, -0.25) is 4.79 Å². The Labute approximate surface area is 94.8 Å². The van der Waals surface area contributed by atoms with E-state index in [1.807, 2.05) is 6.07 Å². The summed E-state index contributed by atoms with van der Waals surface area (Å²) >= 11 is 0. The van der Waals surface area contributed by atoms with Gasteiger partial charge in [-0.25, -0.2) is 0 Å². The van der Waals surface area contributed by atoms with Crippen LogP contribution < -0.4 is 15.8 Å². The Morgan fingerprint density at radius 1 is 1.50 bits per heavy atom. The van der Waals surface area contributed by atoms with Crippen LogP contribution in [0.1, 0.15) is 19.4 Å². The highest BCUT2D eigenvalue weighted by atomic mass is 16.5. The first-order valence-corrected chi connectivity index (χ1v) is 5.41. The number of nitrogens with two attached hydrogens (primary N) is 1. The van der Waals surface area contributed by atoms with E-state index in [0.717, 1.165) is 11.3 Å². The molecule has 0 aromatic heterocycles. The smallest absolute Gasteiger partial charge is 0.228 e. The van der Waals surface area contributed by atoms with Gasteiger partial charge in [-0.15, -0.1) is 0 Å². The number of nitrogen functional groups attached to an aromatic ring is 1. The average molecular weight is 220 g/mol. The molecule has 0 aliphatic carbocycles. The Morgan fingerprint density at radius 2 is 2.25 bits per heavy atom. The zero-order valence-electron chi connectivity index (χ0n) is 9.54. The molecule has 0 spiro atoms. The molecule has 1 heterocycles. The van der Waals surface area contributed by atoms with Gasteiger partial charge in [-0.1, -0.05) is 13.8 Å². The fourth-order valence-corrected chi connectivity index (χ4v) is 1.66. The third kappa shape index (κ3) is 2.10. The number of carbonyl (C=O) groups excluding carboxylic acids is 1. The van der Waals surface area contributed by atoms with E-state index in [1.165, 1.54) is 0 Å². The third-order valence-corrected chi connectivity index (χ3v) is 2.43. The van der Waals surface area contributed by atoms with E-state index < -0.39 is 0 Å². The van der Waals surface area contributed by atoms with Gasteiger partial charge in [0.25, 0.3) is 0 Å². The van der Waals surface area contributed by atoms with Crippen molar-refractivity contribution in [1.82, 2.24) is 0 Å². The van der Waals surface area contributed by atoms with Crippen molar-refractivity contribution in [3.63, 3.8) is 0 Å². The van der Waals surface area contributed by atoms with Gasteiger partial charge in [0, 0.05) is 11.8 Å². The lowest BCUT2D eigenvalue weighted by Crippen LogP contribution is -2.06. The highest BCUT2D eigenvalue weighted by Crippen LogP contribution is 2.33. The molecule has 0 radical (unpaired) electrons. The second kappa shape index (κ2) is 4.04. The molecular formula is C12H16N2O2. The quantitative estimate of drug-likeness (QED) is 0.763. The van der Waals surface area contributed by atoms with Crippen molar-refractivity contribution in [3.05, 3.63) is 17.7 Å². The summed E-state index contributed by atoms with van der Waals surface area (Å²) in [7, 11) is 0. The largest absolute Gasteiger partial charge is 0.491 e. The van der Waals surface area contributed by atoms with Crippen molar-refractivity contribution in [2.24, 2.45) is 5.92 Å². The molecule has 1 aromatic carbocycles. The predicted molar refractivity (Wildman–Crippen MR) is 63.5 cm³/mol. The van der Waals surface area contributed by atoms with Gasteiger partial charge >= 0.3 is 0 Å². The SMILES string of the molecule is CC(C)COc1cc2c(cc1N)CC(=O)N2. The number of carbonyl (C=O) groups is 1. The highest BCUT2D eigenvalue weighted by Gasteiger charge is 2.19. The lowest BCUT2D eigenvalue weighted by molar-refractivity contribution is -0.115. The lowest BCUT2D eigenvalue weighted by Gasteiger charge is -2.12. The summed E-state index contributed by atoms with van der Waals surface area (Å²) in [6.45, 7) is 4.77. The van der Waals surface area contributed by atoms with E-state index >= 15 is 0 Å². The molecule has 0 unspecified atom stereocenters.